The van der Waals surface area contributed by atoms with Gasteiger partial charge in [-0.25, -0.2) is 0 Å². The van der Waals surface area contributed by atoms with Crippen molar-refractivity contribution in [2.75, 3.05) is 20.0 Å². The maximum atomic E-state index is 12.1. The minimum Gasteiger partial charge on any atom is -0.493 e. The van der Waals surface area contributed by atoms with Crippen LogP contribution in [0.3, 0.4) is 0 Å². The fourth-order valence-corrected chi connectivity index (χ4v) is 3.41. The average molecular weight is 434 g/mol. The summed E-state index contributed by atoms with van der Waals surface area (Å²) >= 11 is 7.27. The van der Waals surface area contributed by atoms with Crippen LogP contribution in [0.2, 0.25) is 5.02 Å². The predicted octanol–water partition coefficient (Wildman–Crippen LogP) is 3.96. The van der Waals surface area contributed by atoms with Crippen LogP contribution in [0.4, 0.5) is 0 Å². The van der Waals surface area contributed by atoms with Gasteiger partial charge < -0.3 is 19.3 Å². The topological polar surface area (TPSA) is 86.5 Å². The number of ether oxygens (including phenoxy) is 2. The van der Waals surface area contributed by atoms with Gasteiger partial charge in [-0.2, -0.15) is 4.98 Å². The number of benzene rings is 2. The summed E-state index contributed by atoms with van der Waals surface area (Å²) in [5.74, 6) is 2.80. The van der Waals surface area contributed by atoms with Crippen molar-refractivity contribution in [3.05, 3.63) is 58.9 Å². The van der Waals surface area contributed by atoms with Crippen molar-refractivity contribution in [2.45, 2.75) is 12.3 Å². The van der Waals surface area contributed by atoms with Gasteiger partial charge in [0.15, 0.2) is 11.5 Å². The maximum absolute atomic E-state index is 12.1. The van der Waals surface area contributed by atoms with E-state index in [1.54, 1.807) is 26.4 Å². The minimum atomic E-state index is -0.0997. The lowest BCUT2D eigenvalue weighted by atomic mass is 10.2. The lowest BCUT2D eigenvalue weighted by Crippen LogP contribution is -2.24. The molecule has 0 spiro atoms. The quantitative estimate of drug-likeness (QED) is 0.546. The zero-order chi connectivity index (χ0) is 20.6. The molecule has 0 aliphatic carbocycles. The van der Waals surface area contributed by atoms with E-state index in [1.165, 1.54) is 11.8 Å². The van der Waals surface area contributed by atoms with E-state index >= 15 is 0 Å². The van der Waals surface area contributed by atoms with Gasteiger partial charge in [-0.05, 0) is 30.3 Å². The van der Waals surface area contributed by atoms with E-state index in [4.69, 9.17) is 25.6 Å². The monoisotopic (exact) mass is 433 g/mol. The highest BCUT2D eigenvalue weighted by Gasteiger charge is 2.12. The van der Waals surface area contributed by atoms with Crippen molar-refractivity contribution in [3.63, 3.8) is 0 Å². The number of nitrogens with one attached hydrogen (secondary N) is 1. The molecule has 0 radical (unpaired) electrons. The summed E-state index contributed by atoms with van der Waals surface area (Å²) in [6.07, 6.45) is 0. The van der Waals surface area contributed by atoms with Crippen molar-refractivity contribution < 1.29 is 18.8 Å². The Morgan fingerprint density at radius 3 is 2.69 bits per heavy atom. The van der Waals surface area contributed by atoms with E-state index in [2.05, 4.69) is 15.5 Å². The van der Waals surface area contributed by atoms with E-state index < -0.39 is 0 Å². The number of hydrogen-bond donors (Lipinski definition) is 1. The van der Waals surface area contributed by atoms with Crippen LogP contribution in [0.15, 0.2) is 47.0 Å². The number of nitrogens with zero attached hydrogens (tertiary/aromatic N) is 2. The number of aromatic nitrogens is 2. The van der Waals surface area contributed by atoms with Gasteiger partial charge in [0.2, 0.25) is 17.6 Å². The van der Waals surface area contributed by atoms with E-state index in [9.17, 15) is 4.79 Å². The Morgan fingerprint density at radius 1 is 1.17 bits per heavy atom. The fourth-order valence-electron chi connectivity index (χ4n) is 2.60. The lowest BCUT2D eigenvalue weighted by Gasteiger charge is -2.13. The van der Waals surface area contributed by atoms with E-state index in [0.717, 1.165) is 11.1 Å². The molecule has 0 aliphatic rings. The van der Waals surface area contributed by atoms with Crippen molar-refractivity contribution in [1.82, 2.24) is 15.5 Å². The van der Waals surface area contributed by atoms with Crippen molar-refractivity contribution in [3.8, 4) is 22.9 Å². The molecule has 0 atom stereocenters. The first kappa shape index (κ1) is 21.0. The Bertz CT molecular complexity index is 963. The third kappa shape index (κ3) is 5.65. The molecule has 0 aliphatic heterocycles. The van der Waals surface area contributed by atoms with Gasteiger partial charge in [0.1, 0.15) is 0 Å². The van der Waals surface area contributed by atoms with Crippen molar-refractivity contribution in [1.29, 1.82) is 0 Å². The Balaban J connectivity index is 1.47. The molecule has 0 bridgehead atoms. The first-order chi connectivity index (χ1) is 14.1. The highest BCUT2D eigenvalue weighted by molar-refractivity contribution is 7.99. The summed E-state index contributed by atoms with van der Waals surface area (Å²) in [7, 11) is 3.15. The van der Waals surface area contributed by atoms with Crippen LogP contribution in [0.1, 0.15) is 11.5 Å². The van der Waals surface area contributed by atoms with E-state index in [1.807, 2.05) is 30.3 Å². The van der Waals surface area contributed by atoms with Crippen LogP contribution >= 0.6 is 23.4 Å². The smallest absolute Gasteiger partial charge is 0.236 e. The lowest BCUT2D eigenvalue weighted by molar-refractivity contribution is -0.118. The zero-order valence-electron chi connectivity index (χ0n) is 16.0. The van der Waals surface area contributed by atoms with Gasteiger partial charge >= 0.3 is 0 Å². The van der Waals surface area contributed by atoms with Gasteiger partial charge in [-0.15, -0.1) is 11.8 Å². The van der Waals surface area contributed by atoms with Gasteiger partial charge in [0.05, 0.1) is 25.7 Å². The molecular weight excluding hydrogens is 414 g/mol. The third-order valence-corrected chi connectivity index (χ3v) is 5.16. The van der Waals surface area contributed by atoms with Crippen LogP contribution in [-0.4, -0.2) is 36.0 Å². The predicted molar refractivity (Wildman–Crippen MR) is 112 cm³/mol. The highest BCUT2D eigenvalue weighted by Crippen LogP contribution is 2.30. The molecular formula is C20H20ClN3O4S. The Morgan fingerprint density at radius 2 is 1.97 bits per heavy atom. The molecule has 9 heteroatoms. The molecule has 1 heterocycles. The van der Waals surface area contributed by atoms with Crippen LogP contribution in [-0.2, 0) is 17.1 Å². The molecule has 3 rings (SSSR count). The Labute approximate surface area is 177 Å². The third-order valence-electron chi connectivity index (χ3n) is 3.99. The number of carbonyl (C=O) groups is 1. The summed E-state index contributed by atoms with van der Waals surface area (Å²) in [5.41, 5.74) is 1.66. The number of methoxy groups -OCH3 is 2. The summed E-state index contributed by atoms with van der Waals surface area (Å²) in [4.78, 5) is 16.5. The molecule has 2 aromatic carbocycles. The number of carbonyl (C=O) groups excluding carboxylic acids is 1. The number of para-hydroxylation sites is 1. The standard InChI is InChI=1S/C20H20ClN3O4S/c1-26-16-5-3-4-14(19(16)27-2)10-22-17(25)11-29-12-18-23-20(24-28-18)13-6-8-15(21)9-7-13/h3-9H,10-12H2,1-2H3,(H,22,25). The second-order valence-electron chi connectivity index (χ2n) is 5.94. The first-order valence-electron chi connectivity index (χ1n) is 8.73. The second-order valence-corrected chi connectivity index (χ2v) is 7.36. The fraction of sp³-hybridized carbons (Fsp3) is 0.250. The van der Waals surface area contributed by atoms with Crippen molar-refractivity contribution >= 4 is 29.3 Å². The largest absolute Gasteiger partial charge is 0.493 e. The Kier molecular flexibility index (Phi) is 7.37. The van der Waals surface area contributed by atoms with Gasteiger partial charge in [-0.3, -0.25) is 4.79 Å². The van der Waals surface area contributed by atoms with Gasteiger partial charge in [0, 0.05) is 22.7 Å². The molecule has 1 amide bonds. The number of hydrogen-bond acceptors (Lipinski definition) is 7. The van der Waals surface area contributed by atoms with Gasteiger partial charge in [0.25, 0.3) is 0 Å². The molecule has 3 aromatic rings. The molecule has 0 saturated heterocycles. The highest BCUT2D eigenvalue weighted by atomic mass is 35.5. The molecule has 0 saturated carbocycles. The SMILES string of the molecule is COc1cccc(CNC(=O)CSCc2nc(-c3ccc(Cl)cc3)no2)c1OC. The molecule has 7 nitrogen and oxygen atoms in total. The van der Waals surface area contributed by atoms with Gasteiger partial charge in [-0.1, -0.05) is 28.9 Å². The molecule has 0 fully saturated rings. The molecule has 1 N–H and O–H groups in total. The summed E-state index contributed by atoms with van der Waals surface area (Å²) in [5, 5.41) is 7.47. The first-order valence-corrected chi connectivity index (χ1v) is 10.3. The molecule has 0 unspecified atom stereocenters. The van der Waals surface area contributed by atoms with Crippen LogP contribution < -0.4 is 14.8 Å². The Hall–Kier alpha value is -2.71. The van der Waals surface area contributed by atoms with Crippen LogP contribution in [0.25, 0.3) is 11.4 Å². The summed E-state index contributed by atoms with van der Waals surface area (Å²) < 4.78 is 15.9. The molecule has 1 aromatic heterocycles. The average Bonchev–Trinajstić information content (AvgIpc) is 3.21. The molecule has 152 valence electrons. The van der Waals surface area contributed by atoms with E-state index in [-0.39, 0.29) is 11.7 Å². The zero-order valence-corrected chi connectivity index (χ0v) is 17.5. The van der Waals surface area contributed by atoms with E-state index in [0.29, 0.717) is 40.5 Å². The second kappa shape index (κ2) is 10.2. The van der Waals surface area contributed by atoms with Crippen LogP contribution in [0.5, 0.6) is 11.5 Å². The van der Waals surface area contributed by atoms with Crippen LogP contribution in [0, 0.1) is 0 Å². The number of halogens is 1. The number of thioether (sulfide) groups is 1. The summed E-state index contributed by atoms with van der Waals surface area (Å²) in [6.45, 7) is 0.348. The summed E-state index contributed by atoms with van der Waals surface area (Å²) in [6, 6.07) is 12.7. The normalized spacial score (nSPS) is 10.6. The number of rotatable bonds is 9. The van der Waals surface area contributed by atoms with Crippen molar-refractivity contribution in [2.24, 2.45) is 0 Å². The maximum Gasteiger partial charge on any atom is 0.236 e. The molecule has 29 heavy (non-hydrogen) atoms. The number of amides is 1. The minimum absolute atomic E-state index is 0.0997.